The molecule has 0 saturated heterocycles. The molecule has 0 fully saturated rings. The number of nitrogens with zero attached hydrogens (tertiary/aromatic N) is 1. The summed E-state index contributed by atoms with van der Waals surface area (Å²) in [6, 6.07) is 13.0. The van der Waals surface area contributed by atoms with Crippen molar-refractivity contribution in [1.82, 2.24) is 10.2 Å². The van der Waals surface area contributed by atoms with Gasteiger partial charge in [-0.3, -0.25) is 0 Å². The van der Waals surface area contributed by atoms with Crippen molar-refractivity contribution >= 4 is 17.6 Å². The minimum Gasteiger partial charge on any atom is -0.331 e. The lowest BCUT2D eigenvalue weighted by Gasteiger charge is -2.27. The first-order valence-corrected chi connectivity index (χ1v) is 7.81. The second kappa shape index (κ2) is 7.47. The summed E-state index contributed by atoms with van der Waals surface area (Å²) in [5.41, 5.74) is 1.44. The second-order valence-electron chi connectivity index (χ2n) is 5.53. The highest BCUT2D eigenvalue weighted by molar-refractivity contribution is 6.30. The molecule has 0 unspecified atom stereocenters. The van der Waals surface area contributed by atoms with Crippen molar-refractivity contribution in [3.63, 3.8) is 0 Å². The van der Waals surface area contributed by atoms with Gasteiger partial charge in [-0.1, -0.05) is 41.9 Å². The minimum atomic E-state index is -0.413. The Bertz CT molecular complexity index is 675. The molecule has 0 aliphatic rings. The van der Waals surface area contributed by atoms with E-state index in [0.29, 0.717) is 10.6 Å². The third-order valence-corrected chi connectivity index (χ3v) is 4.22. The maximum Gasteiger partial charge on any atom is 0.318 e. The number of hydrogen-bond acceptors (Lipinski definition) is 1. The zero-order valence-corrected chi connectivity index (χ0v) is 14.1. The molecule has 0 saturated carbocycles. The largest absolute Gasteiger partial charge is 0.331 e. The first-order chi connectivity index (χ1) is 10.9. The molecule has 0 aliphatic heterocycles. The summed E-state index contributed by atoms with van der Waals surface area (Å²) in [6.45, 7) is 3.69. The van der Waals surface area contributed by atoms with E-state index >= 15 is 0 Å². The standard InChI is InChI=1S/C18H20ClFN2O/c1-12(16-6-4-5-7-17(16)20)21-18(23)22(3)13(2)14-8-10-15(19)11-9-14/h4-13H,1-3H3,(H,21,23)/t12-,13-/m1/s1. The Labute approximate surface area is 141 Å². The zero-order valence-electron chi connectivity index (χ0n) is 13.4. The first-order valence-electron chi connectivity index (χ1n) is 7.43. The lowest BCUT2D eigenvalue weighted by molar-refractivity contribution is 0.191. The molecule has 2 aromatic rings. The molecule has 0 aromatic heterocycles. The average Bonchev–Trinajstić information content (AvgIpc) is 2.54. The third-order valence-electron chi connectivity index (χ3n) is 3.97. The third kappa shape index (κ3) is 4.23. The van der Waals surface area contributed by atoms with Crippen LogP contribution < -0.4 is 5.32 Å². The smallest absolute Gasteiger partial charge is 0.318 e. The van der Waals surface area contributed by atoms with Gasteiger partial charge >= 0.3 is 6.03 Å². The van der Waals surface area contributed by atoms with Gasteiger partial charge in [0.05, 0.1) is 12.1 Å². The highest BCUT2D eigenvalue weighted by Gasteiger charge is 2.20. The van der Waals surface area contributed by atoms with Crippen molar-refractivity contribution in [2.75, 3.05) is 7.05 Å². The predicted octanol–water partition coefficient (Wildman–Crippen LogP) is 4.94. The van der Waals surface area contributed by atoms with Gasteiger partial charge in [-0.25, -0.2) is 9.18 Å². The van der Waals surface area contributed by atoms with Crippen LogP contribution in [0.3, 0.4) is 0 Å². The van der Waals surface area contributed by atoms with Gasteiger partial charge in [0.25, 0.3) is 0 Å². The van der Waals surface area contributed by atoms with Crippen molar-refractivity contribution in [2.45, 2.75) is 25.9 Å². The van der Waals surface area contributed by atoms with E-state index in [4.69, 9.17) is 11.6 Å². The quantitative estimate of drug-likeness (QED) is 0.843. The number of carbonyl (C=O) groups excluding carboxylic acids is 1. The fourth-order valence-corrected chi connectivity index (χ4v) is 2.46. The van der Waals surface area contributed by atoms with E-state index < -0.39 is 6.04 Å². The fraction of sp³-hybridized carbons (Fsp3) is 0.278. The molecule has 1 N–H and O–H groups in total. The van der Waals surface area contributed by atoms with Gasteiger partial charge in [-0.15, -0.1) is 0 Å². The Hall–Kier alpha value is -2.07. The molecule has 23 heavy (non-hydrogen) atoms. The zero-order chi connectivity index (χ0) is 17.0. The number of benzene rings is 2. The topological polar surface area (TPSA) is 32.3 Å². The molecule has 0 bridgehead atoms. The molecule has 2 amide bonds. The molecule has 2 aromatic carbocycles. The Morgan fingerprint density at radius 3 is 2.35 bits per heavy atom. The SMILES string of the molecule is C[C@H](c1ccc(Cl)cc1)N(C)C(=O)N[C@H](C)c1ccccc1F. The lowest BCUT2D eigenvalue weighted by atomic mass is 10.1. The maximum absolute atomic E-state index is 13.8. The van der Waals surface area contributed by atoms with Gasteiger partial charge in [0, 0.05) is 17.6 Å². The average molecular weight is 335 g/mol. The highest BCUT2D eigenvalue weighted by Crippen LogP contribution is 2.22. The monoisotopic (exact) mass is 334 g/mol. The molecule has 0 spiro atoms. The molecule has 122 valence electrons. The Balaban J connectivity index is 2.04. The van der Waals surface area contributed by atoms with E-state index in [9.17, 15) is 9.18 Å². The minimum absolute atomic E-state index is 0.125. The van der Waals surface area contributed by atoms with Crippen LogP contribution in [0.4, 0.5) is 9.18 Å². The van der Waals surface area contributed by atoms with Crippen LogP contribution in [-0.4, -0.2) is 18.0 Å². The van der Waals surface area contributed by atoms with Crippen LogP contribution in [0.1, 0.15) is 37.1 Å². The number of urea groups is 1. The van der Waals surface area contributed by atoms with Gasteiger partial charge in [0.15, 0.2) is 0 Å². The van der Waals surface area contributed by atoms with Crippen molar-refractivity contribution in [3.05, 3.63) is 70.5 Å². The van der Waals surface area contributed by atoms with Crippen LogP contribution in [0, 0.1) is 5.82 Å². The van der Waals surface area contributed by atoms with Crippen LogP contribution in [-0.2, 0) is 0 Å². The van der Waals surface area contributed by atoms with E-state index in [1.54, 1.807) is 49.2 Å². The number of rotatable bonds is 4. The number of amides is 2. The molecule has 2 rings (SSSR count). The van der Waals surface area contributed by atoms with E-state index in [2.05, 4.69) is 5.32 Å². The van der Waals surface area contributed by atoms with Crippen LogP contribution in [0.5, 0.6) is 0 Å². The molecule has 5 heteroatoms. The van der Waals surface area contributed by atoms with Crippen LogP contribution >= 0.6 is 11.6 Å². The van der Waals surface area contributed by atoms with E-state index in [1.165, 1.54) is 6.07 Å². The first kappa shape index (κ1) is 17.3. The number of halogens is 2. The lowest BCUT2D eigenvalue weighted by Crippen LogP contribution is -2.40. The van der Waals surface area contributed by atoms with E-state index in [-0.39, 0.29) is 17.9 Å². The summed E-state index contributed by atoms with van der Waals surface area (Å²) in [7, 11) is 1.71. The number of hydrogen-bond donors (Lipinski definition) is 1. The molecule has 0 aliphatic carbocycles. The van der Waals surface area contributed by atoms with Gasteiger partial charge in [0.2, 0.25) is 0 Å². The van der Waals surface area contributed by atoms with Gasteiger partial charge < -0.3 is 10.2 Å². The Kier molecular flexibility index (Phi) is 5.61. The van der Waals surface area contributed by atoms with Crippen molar-refractivity contribution in [2.24, 2.45) is 0 Å². The van der Waals surface area contributed by atoms with Crippen molar-refractivity contribution < 1.29 is 9.18 Å². The Morgan fingerprint density at radius 2 is 1.74 bits per heavy atom. The maximum atomic E-state index is 13.8. The van der Waals surface area contributed by atoms with Crippen LogP contribution in [0.2, 0.25) is 5.02 Å². The second-order valence-corrected chi connectivity index (χ2v) is 5.97. The summed E-state index contributed by atoms with van der Waals surface area (Å²) in [6.07, 6.45) is 0. The molecule has 0 heterocycles. The van der Waals surface area contributed by atoms with Crippen LogP contribution in [0.15, 0.2) is 48.5 Å². The van der Waals surface area contributed by atoms with Crippen molar-refractivity contribution in [1.29, 1.82) is 0 Å². The van der Waals surface area contributed by atoms with E-state index in [1.807, 2.05) is 19.1 Å². The highest BCUT2D eigenvalue weighted by atomic mass is 35.5. The summed E-state index contributed by atoms with van der Waals surface area (Å²) >= 11 is 5.88. The van der Waals surface area contributed by atoms with E-state index in [0.717, 1.165) is 5.56 Å². The normalized spacial score (nSPS) is 13.3. The fourth-order valence-electron chi connectivity index (χ4n) is 2.33. The summed E-state index contributed by atoms with van der Waals surface area (Å²) < 4.78 is 13.8. The molecule has 2 atom stereocenters. The van der Waals surface area contributed by atoms with Gasteiger partial charge in [0.1, 0.15) is 5.82 Å². The number of carbonyl (C=O) groups is 1. The summed E-state index contributed by atoms with van der Waals surface area (Å²) in [4.78, 5) is 14.0. The van der Waals surface area contributed by atoms with Gasteiger partial charge in [-0.05, 0) is 37.6 Å². The summed E-state index contributed by atoms with van der Waals surface area (Å²) in [5.74, 6) is -0.325. The molecule has 0 radical (unpaired) electrons. The van der Waals surface area contributed by atoms with Gasteiger partial charge in [-0.2, -0.15) is 0 Å². The van der Waals surface area contributed by atoms with Crippen LogP contribution in [0.25, 0.3) is 0 Å². The van der Waals surface area contributed by atoms with Crippen molar-refractivity contribution in [3.8, 4) is 0 Å². The molecule has 3 nitrogen and oxygen atoms in total. The predicted molar refractivity (Wildman–Crippen MR) is 91.0 cm³/mol. The molecular weight excluding hydrogens is 315 g/mol. The number of nitrogens with one attached hydrogen (secondary N) is 1. The Morgan fingerprint density at radius 1 is 1.13 bits per heavy atom. The molecular formula is C18H20ClFN2O. The summed E-state index contributed by atoms with van der Waals surface area (Å²) in [5, 5.41) is 3.47.